The molecular formula is C13H20BrNO4S. The van der Waals surface area contributed by atoms with Gasteiger partial charge < -0.3 is 9.84 Å². The van der Waals surface area contributed by atoms with Crippen molar-refractivity contribution in [2.75, 3.05) is 13.2 Å². The molecule has 7 heteroatoms. The van der Waals surface area contributed by atoms with Crippen LogP contribution in [0.4, 0.5) is 0 Å². The van der Waals surface area contributed by atoms with E-state index in [2.05, 4.69) is 20.7 Å². The van der Waals surface area contributed by atoms with Crippen LogP contribution < -0.4 is 9.46 Å². The topological polar surface area (TPSA) is 75.6 Å². The lowest BCUT2D eigenvalue weighted by Gasteiger charge is -2.25. The Hall–Kier alpha value is -0.630. The van der Waals surface area contributed by atoms with Crippen molar-refractivity contribution in [3.8, 4) is 5.75 Å². The molecular weight excluding hydrogens is 346 g/mol. The maximum absolute atomic E-state index is 12.5. The number of benzene rings is 1. The summed E-state index contributed by atoms with van der Waals surface area (Å²) in [5.74, 6) is 0.308. The monoisotopic (exact) mass is 365 g/mol. The normalized spacial score (nSPS) is 12.4. The molecule has 0 spiro atoms. The number of sulfonamides is 1. The molecule has 0 aliphatic carbocycles. The summed E-state index contributed by atoms with van der Waals surface area (Å²) in [5, 5.41) is 8.99. The molecule has 0 saturated heterocycles. The Morgan fingerprint density at radius 1 is 1.40 bits per heavy atom. The summed E-state index contributed by atoms with van der Waals surface area (Å²) in [6.45, 7) is 5.52. The zero-order valence-electron chi connectivity index (χ0n) is 11.8. The van der Waals surface area contributed by atoms with Gasteiger partial charge in [0.15, 0.2) is 0 Å². The van der Waals surface area contributed by atoms with Crippen molar-refractivity contribution in [1.82, 2.24) is 4.72 Å². The predicted molar refractivity (Wildman–Crippen MR) is 81.4 cm³/mol. The van der Waals surface area contributed by atoms with Crippen molar-refractivity contribution < 1.29 is 18.3 Å². The van der Waals surface area contributed by atoms with Crippen LogP contribution >= 0.6 is 15.9 Å². The Labute approximate surface area is 128 Å². The van der Waals surface area contributed by atoms with E-state index in [0.717, 1.165) is 0 Å². The van der Waals surface area contributed by atoms with Gasteiger partial charge in [-0.3, -0.25) is 0 Å². The van der Waals surface area contributed by atoms with Crippen LogP contribution in [0.25, 0.3) is 0 Å². The van der Waals surface area contributed by atoms with Crippen LogP contribution in [0.15, 0.2) is 27.6 Å². The van der Waals surface area contributed by atoms with E-state index in [4.69, 9.17) is 9.84 Å². The number of rotatable bonds is 7. The number of aliphatic hydroxyl groups excluding tert-OH is 1. The minimum atomic E-state index is -3.73. The molecule has 0 atom stereocenters. The average Bonchev–Trinajstić information content (AvgIpc) is 2.30. The first kappa shape index (κ1) is 17.4. The third-order valence-electron chi connectivity index (χ3n) is 2.64. The SMILES string of the molecule is CCOc1ccc(Br)cc1S(=O)(=O)NC(C)(C)CCO. The van der Waals surface area contributed by atoms with E-state index in [9.17, 15) is 8.42 Å². The van der Waals surface area contributed by atoms with E-state index in [0.29, 0.717) is 23.2 Å². The van der Waals surface area contributed by atoms with Gasteiger partial charge in [-0.1, -0.05) is 15.9 Å². The smallest absolute Gasteiger partial charge is 0.244 e. The van der Waals surface area contributed by atoms with E-state index in [1.807, 2.05) is 0 Å². The maximum atomic E-state index is 12.5. The van der Waals surface area contributed by atoms with Crippen LogP contribution in [0, 0.1) is 0 Å². The first-order valence-electron chi connectivity index (χ1n) is 6.29. The summed E-state index contributed by atoms with van der Waals surface area (Å²) in [6.07, 6.45) is 0.324. The highest BCUT2D eigenvalue weighted by Crippen LogP contribution is 2.28. The van der Waals surface area contributed by atoms with E-state index < -0.39 is 15.6 Å². The van der Waals surface area contributed by atoms with Gasteiger partial charge >= 0.3 is 0 Å². The molecule has 0 bridgehead atoms. The lowest BCUT2D eigenvalue weighted by molar-refractivity contribution is 0.245. The second kappa shape index (κ2) is 6.89. The highest BCUT2D eigenvalue weighted by atomic mass is 79.9. The van der Waals surface area contributed by atoms with Gasteiger partial charge in [0.1, 0.15) is 10.6 Å². The molecule has 0 unspecified atom stereocenters. The third-order valence-corrected chi connectivity index (χ3v) is 4.86. The van der Waals surface area contributed by atoms with Crippen LogP contribution in [0.3, 0.4) is 0 Å². The van der Waals surface area contributed by atoms with Crippen molar-refractivity contribution in [3.05, 3.63) is 22.7 Å². The number of halogens is 1. The molecule has 0 saturated carbocycles. The summed E-state index contributed by atoms with van der Waals surface area (Å²) >= 11 is 3.26. The lowest BCUT2D eigenvalue weighted by atomic mass is 10.0. The Morgan fingerprint density at radius 2 is 2.05 bits per heavy atom. The van der Waals surface area contributed by atoms with Gasteiger partial charge in [-0.05, 0) is 45.4 Å². The largest absolute Gasteiger partial charge is 0.492 e. The Bertz CT molecular complexity index is 557. The van der Waals surface area contributed by atoms with Crippen molar-refractivity contribution in [2.45, 2.75) is 37.6 Å². The fourth-order valence-electron chi connectivity index (χ4n) is 1.72. The predicted octanol–water partition coefficient (Wildman–Crippen LogP) is 2.29. The number of aliphatic hydroxyl groups is 1. The molecule has 1 rings (SSSR count). The number of nitrogens with one attached hydrogen (secondary N) is 1. The molecule has 0 fully saturated rings. The highest BCUT2D eigenvalue weighted by molar-refractivity contribution is 9.10. The van der Waals surface area contributed by atoms with Crippen LogP contribution in [0.1, 0.15) is 27.2 Å². The molecule has 0 heterocycles. The summed E-state index contributed by atoms with van der Waals surface area (Å²) in [7, 11) is -3.73. The summed E-state index contributed by atoms with van der Waals surface area (Å²) in [5.41, 5.74) is -0.737. The fraction of sp³-hybridized carbons (Fsp3) is 0.538. The summed E-state index contributed by atoms with van der Waals surface area (Å²) < 4.78 is 33.6. The Morgan fingerprint density at radius 3 is 2.60 bits per heavy atom. The van der Waals surface area contributed by atoms with E-state index in [1.165, 1.54) is 6.07 Å². The zero-order chi connectivity index (χ0) is 15.4. The number of hydrogen-bond acceptors (Lipinski definition) is 4. The van der Waals surface area contributed by atoms with Crippen molar-refractivity contribution >= 4 is 26.0 Å². The number of hydrogen-bond donors (Lipinski definition) is 2. The van der Waals surface area contributed by atoms with Gasteiger partial charge in [0.25, 0.3) is 0 Å². The fourth-order valence-corrected chi connectivity index (χ4v) is 3.84. The van der Waals surface area contributed by atoms with Gasteiger partial charge in [-0.15, -0.1) is 0 Å². The van der Waals surface area contributed by atoms with Crippen LogP contribution in [-0.2, 0) is 10.0 Å². The summed E-state index contributed by atoms with van der Waals surface area (Å²) in [4.78, 5) is 0.0831. The summed E-state index contributed by atoms with van der Waals surface area (Å²) in [6, 6.07) is 4.84. The second-order valence-electron chi connectivity index (χ2n) is 4.99. The van der Waals surface area contributed by atoms with E-state index in [-0.39, 0.29) is 11.5 Å². The minimum Gasteiger partial charge on any atom is -0.492 e. The minimum absolute atomic E-state index is 0.0831. The molecule has 0 aliphatic heterocycles. The van der Waals surface area contributed by atoms with Gasteiger partial charge in [0.05, 0.1) is 6.61 Å². The molecule has 0 aromatic heterocycles. The standard InChI is InChI=1S/C13H20BrNO4S/c1-4-19-11-6-5-10(14)9-12(11)20(17,18)15-13(2,3)7-8-16/h5-6,9,15-16H,4,7-8H2,1-3H3. The quantitative estimate of drug-likeness (QED) is 0.777. The average molecular weight is 366 g/mol. The highest BCUT2D eigenvalue weighted by Gasteiger charge is 2.28. The van der Waals surface area contributed by atoms with Crippen molar-refractivity contribution in [3.63, 3.8) is 0 Å². The third kappa shape index (κ3) is 4.73. The lowest BCUT2D eigenvalue weighted by Crippen LogP contribution is -2.44. The molecule has 1 aromatic rings. The zero-order valence-corrected chi connectivity index (χ0v) is 14.2. The Kier molecular flexibility index (Phi) is 6.00. The maximum Gasteiger partial charge on any atom is 0.244 e. The van der Waals surface area contributed by atoms with Crippen LogP contribution in [-0.4, -0.2) is 32.3 Å². The van der Waals surface area contributed by atoms with Gasteiger partial charge in [-0.25, -0.2) is 13.1 Å². The van der Waals surface area contributed by atoms with Crippen LogP contribution in [0.2, 0.25) is 0 Å². The van der Waals surface area contributed by atoms with Gasteiger partial charge in [0, 0.05) is 16.6 Å². The first-order chi connectivity index (χ1) is 9.22. The molecule has 2 N–H and O–H groups in total. The van der Waals surface area contributed by atoms with Gasteiger partial charge in [-0.2, -0.15) is 0 Å². The van der Waals surface area contributed by atoms with E-state index in [1.54, 1.807) is 32.9 Å². The number of ether oxygens (including phenoxy) is 1. The molecule has 1 aromatic carbocycles. The molecule has 114 valence electrons. The molecule has 0 radical (unpaired) electrons. The second-order valence-corrected chi connectivity index (χ2v) is 7.55. The Balaban J connectivity index is 3.17. The molecule has 0 amide bonds. The molecule has 0 aliphatic rings. The first-order valence-corrected chi connectivity index (χ1v) is 8.56. The van der Waals surface area contributed by atoms with Crippen LogP contribution in [0.5, 0.6) is 5.75 Å². The van der Waals surface area contributed by atoms with E-state index >= 15 is 0 Å². The molecule has 20 heavy (non-hydrogen) atoms. The van der Waals surface area contributed by atoms with Gasteiger partial charge in [0.2, 0.25) is 10.0 Å². The van der Waals surface area contributed by atoms with Crippen molar-refractivity contribution in [2.24, 2.45) is 0 Å². The van der Waals surface area contributed by atoms with Crippen molar-refractivity contribution in [1.29, 1.82) is 0 Å². The molecule has 5 nitrogen and oxygen atoms in total.